The van der Waals surface area contributed by atoms with E-state index >= 15 is 0 Å². The van der Waals surface area contributed by atoms with E-state index in [1.807, 2.05) is 26.0 Å². The molecule has 1 aliphatic heterocycles. The molecule has 3 rings (SSSR count). The molecule has 2 aromatic heterocycles. The minimum Gasteiger partial charge on any atom is -0.459 e. The Morgan fingerprint density at radius 3 is 2.78 bits per heavy atom. The fraction of sp³-hybridized carbons (Fsp3) is 0.500. The van der Waals surface area contributed by atoms with Crippen molar-refractivity contribution in [3.8, 4) is 0 Å². The zero-order chi connectivity index (χ0) is 19.2. The van der Waals surface area contributed by atoms with Gasteiger partial charge in [0.25, 0.3) is 5.91 Å². The Morgan fingerprint density at radius 1 is 1.26 bits per heavy atom. The van der Waals surface area contributed by atoms with Crippen molar-refractivity contribution in [3.05, 3.63) is 42.5 Å². The maximum atomic E-state index is 12.0. The van der Waals surface area contributed by atoms with Gasteiger partial charge in [0, 0.05) is 26.2 Å². The summed E-state index contributed by atoms with van der Waals surface area (Å²) in [5.41, 5.74) is 0.636. The lowest BCUT2D eigenvalue weighted by atomic mass is 10.1. The Balaban J connectivity index is 1.55. The van der Waals surface area contributed by atoms with E-state index < -0.39 is 0 Å². The van der Waals surface area contributed by atoms with Crippen LogP contribution in [-0.4, -0.2) is 59.7 Å². The van der Waals surface area contributed by atoms with E-state index in [-0.39, 0.29) is 23.7 Å². The Kier molecular flexibility index (Phi) is 6.47. The van der Waals surface area contributed by atoms with E-state index in [9.17, 15) is 9.90 Å². The number of hydrogen-bond acceptors (Lipinski definition) is 6. The smallest absolute Gasteiger partial charge is 0.291 e. The third-order valence-electron chi connectivity index (χ3n) is 4.88. The van der Waals surface area contributed by atoms with Gasteiger partial charge in [-0.25, -0.2) is 4.98 Å². The number of carbonyl (C=O) groups is 1. The van der Waals surface area contributed by atoms with Crippen LogP contribution < -0.4 is 10.2 Å². The van der Waals surface area contributed by atoms with Crippen molar-refractivity contribution in [1.82, 2.24) is 9.88 Å². The first-order valence-electron chi connectivity index (χ1n) is 9.49. The van der Waals surface area contributed by atoms with E-state index in [2.05, 4.69) is 20.1 Å². The second kappa shape index (κ2) is 9.01. The number of aliphatic hydroxyl groups is 1. The van der Waals surface area contributed by atoms with Crippen molar-refractivity contribution >= 4 is 17.4 Å². The average molecular weight is 372 g/mol. The van der Waals surface area contributed by atoms with Gasteiger partial charge in [-0.2, -0.15) is 0 Å². The van der Waals surface area contributed by atoms with E-state index in [0.29, 0.717) is 5.69 Å². The number of nitrogens with one attached hydrogen (secondary N) is 1. The number of furan rings is 1. The summed E-state index contributed by atoms with van der Waals surface area (Å²) in [7, 11) is 0. The lowest BCUT2D eigenvalue weighted by molar-refractivity contribution is 0.0790. The molecule has 0 bridgehead atoms. The molecule has 27 heavy (non-hydrogen) atoms. The van der Waals surface area contributed by atoms with Crippen LogP contribution in [0.4, 0.5) is 11.5 Å². The highest BCUT2D eigenvalue weighted by Gasteiger charge is 2.19. The van der Waals surface area contributed by atoms with E-state index in [4.69, 9.17) is 4.42 Å². The molecule has 0 aromatic carbocycles. The summed E-state index contributed by atoms with van der Waals surface area (Å²) >= 11 is 0. The van der Waals surface area contributed by atoms with Gasteiger partial charge in [0.15, 0.2) is 5.76 Å². The average Bonchev–Trinajstić information content (AvgIpc) is 3.10. The highest BCUT2D eigenvalue weighted by molar-refractivity contribution is 6.02. The third-order valence-corrected chi connectivity index (χ3v) is 4.88. The number of pyridine rings is 1. The van der Waals surface area contributed by atoms with Crippen LogP contribution in [0.15, 0.2) is 41.1 Å². The third kappa shape index (κ3) is 5.30. The quantitative estimate of drug-likeness (QED) is 0.811. The minimum atomic E-state index is -0.288. The molecular formula is C20H28N4O3. The molecule has 1 unspecified atom stereocenters. The first-order chi connectivity index (χ1) is 13.0. The molecule has 1 amide bonds. The molecular weight excluding hydrogens is 344 g/mol. The lowest BCUT2D eigenvalue weighted by Gasteiger charge is -2.25. The molecule has 3 heterocycles. The monoisotopic (exact) mass is 372 g/mol. The SMILES string of the molecule is CC(C)C(O)CN1CCCN(c2ccc(NC(=O)c3ccco3)cn2)CC1. The van der Waals surface area contributed by atoms with Crippen LogP contribution in [0.5, 0.6) is 0 Å². The molecule has 0 saturated carbocycles. The van der Waals surface area contributed by atoms with Crippen LogP contribution in [0.1, 0.15) is 30.8 Å². The summed E-state index contributed by atoms with van der Waals surface area (Å²) in [4.78, 5) is 21.1. The topological polar surface area (TPSA) is 81.8 Å². The number of carbonyl (C=O) groups excluding carboxylic acids is 1. The van der Waals surface area contributed by atoms with E-state index in [1.54, 1.807) is 18.3 Å². The number of nitrogens with zero attached hydrogens (tertiary/aromatic N) is 3. The predicted molar refractivity (Wildman–Crippen MR) is 105 cm³/mol. The number of aliphatic hydroxyl groups excluding tert-OH is 1. The zero-order valence-corrected chi connectivity index (χ0v) is 16.0. The molecule has 146 valence electrons. The van der Waals surface area contributed by atoms with Gasteiger partial charge in [0.1, 0.15) is 5.82 Å². The van der Waals surface area contributed by atoms with Gasteiger partial charge >= 0.3 is 0 Å². The highest BCUT2D eigenvalue weighted by Crippen LogP contribution is 2.17. The Labute approximate surface area is 160 Å². The minimum absolute atomic E-state index is 0.273. The number of aromatic nitrogens is 1. The molecule has 0 aliphatic carbocycles. The van der Waals surface area contributed by atoms with Crippen molar-refractivity contribution in [2.45, 2.75) is 26.4 Å². The summed E-state index contributed by atoms with van der Waals surface area (Å²) in [5, 5.41) is 12.9. The van der Waals surface area contributed by atoms with Crippen LogP contribution in [-0.2, 0) is 0 Å². The van der Waals surface area contributed by atoms with Gasteiger partial charge in [-0.15, -0.1) is 0 Å². The van der Waals surface area contributed by atoms with Gasteiger partial charge < -0.3 is 19.7 Å². The molecule has 1 saturated heterocycles. The van der Waals surface area contributed by atoms with E-state index in [1.165, 1.54) is 6.26 Å². The Morgan fingerprint density at radius 2 is 2.11 bits per heavy atom. The maximum absolute atomic E-state index is 12.0. The fourth-order valence-corrected chi connectivity index (χ4v) is 3.11. The molecule has 7 heteroatoms. The Bertz CT molecular complexity index is 715. The van der Waals surface area contributed by atoms with Gasteiger partial charge in [-0.1, -0.05) is 13.8 Å². The second-order valence-electron chi connectivity index (χ2n) is 7.29. The normalized spacial score (nSPS) is 17.0. The van der Waals surface area contributed by atoms with Crippen LogP contribution in [0, 0.1) is 5.92 Å². The fourth-order valence-electron chi connectivity index (χ4n) is 3.11. The number of amides is 1. The van der Waals surface area contributed by atoms with Crippen molar-refractivity contribution < 1.29 is 14.3 Å². The van der Waals surface area contributed by atoms with Gasteiger partial charge in [-0.05, 0) is 43.1 Å². The van der Waals surface area contributed by atoms with Gasteiger partial charge in [0.05, 0.1) is 24.3 Å². The lowest BCUT2D eigenvalue weighted by Crippen LogP contribution is -2.37. The summed E-state index contributed by atoms with van der Waals surface area (Å²) < 4.78 is 5.09. The molecule has 0 spiro atoms. The second-order valence-corrected chi connectivity index (χ2v) is 7.29. The van der Waals surface area contributed by atoms with Crippen molar-refractivity contribution in [1.29, 1.82) is 0 Å². The first kappa shape index (κ1) is 19.4. The number of anilines is 2. The molecule has 2 N–H and O–H groups in total. The molecule has 1 atom stereocenters. The van der Waals surface area contributed by atoms with Gasteiger partial charge in [-0.3, -0.25) is 9.69 Å². The van der Waals surface area contributed by atoms with Crippen LogP contribution >= 0.6 is 0 Å². The number of β-amino-alcohol motifs (C(OH)–C–C–N with tert-alkyl or cyclic N) is 1. The van der Waals surface area contributed by atoms with Crippen LogP contribution in [0.2, 0.25) is 0 Å². The Hall–Kier alpha value is -2.38. The largest absolute Gasteiger partial charge is 0.459 e. The van der Waals surface area contributed by atoms with E-state index in [0.717, 1.165) is 45.0 Å². The number of hydrogen-bond donors (Lipinski definition) is 2. The summed E-state index contributed by atoms with van der Waals surface area (Å²) in [5.74, 6) is 1.16. The molecule has 7 nitrogen and oxygen atoms in total. The molecule has 1 fully saturated rings. The van der Waals surface area contributed by atoms with Gasteiger partial charge in [0.2, 0.25) is 0 Å². The molecule has 0 radical (unpaired) electrons. The van der Waals surface area contributed by atoms with Crippen molar-refractivity contribution in [2.75, 3.05) is 42.9 Å². The molecule has 2 aromatic rings. The highest BCUT2D eigenvalue weighted by atomic mass is 16.3. The van der Waals surface area contributed by atoms with Crippen molar-refractivity contribution in [2.24, 2.45) is 5.92 Å². The summed E-state index contributed by atoms with van der Waals surface area (Å²) in [6.45, 7) is 8.50. The maximum Gasteiger partial charge on any atom is 0.291 e. The summed E-state index contributed by atoms with van der Waals surface area (Å²) in [6, 6.07) is 7.08. The molecule has 1 aliphatic rings. The first-order valence-corrected chi connectivity index (χ1v) is 9.49. The summed E-state index contributed by atoms with van der Waals surface area (Å²) in [6.07, 6.45) is 3.89. The zero-order valence-electron chi connectivity index (χ0n) is 16.0. The standard InChI is InChI=1S/C20H28N4O3/c1-15(2)17(25)14-23-8-4-9-24(11-10-23)19-7-6-16(13-21-19)22-20(26)18-5-3-12-27-18/h3,5-7,12-13,15,17,25H,4,8-11,14H2,1-2H3,(H,22,26). The van der Waals surface area contributed by atoms with Crippen molar-refractivity contribution in [3.63, 3.8) is 0 Å². The predicted octanol–water partition coefficient (Wildman–Crippen LogP) is 2.46. The van der Waals surface area contributed by atoms with Crippen LogP contribution in [0.25, 0.3) is 0 Å². The number of rotatable bonds is 6. The van der Waals surface area contributed by atoms with Crippen LogP contribution in [0.3, 0.4) is 0 Å².